The van der Waals surface area contributed by atoms with E-state index in [-0.39, 0.29) is 4.90 Å². The quantitative estimate of drug-likeness (QED) is 0.680. The van der Waals surface area contributed by atoms with Crippen LogP contribution in [0.5, 0.6) is 11.5 Å². The fraction of sp³-hybridized carbons (Fsp3) is 0.125. The Labute approximate surface area is 153 Å². The minimum Gasteiger partial charge on any atom is -0.457 e. The van der Waals surface area contributed by atoms with Gasteiger partial charge in [0.2, 0.25) is 0 Å². The number of halogens is 1. The number of aliphatic hydroxyl groups excluding tert-OH is 2. The Kier molecular flexibility index (Phi) is 5.38. The molecule has 1 fully saturated rings. The molecule has 0 aliphatic carbocycles. The van der Waals surface area contributed by atoms with E-state index in [4.69, 9.17) is 15.4 Å². The van der Waals surface area contributed by atoms with Gasteiger partial charge in [-0.25, -0.2) is 8.42 Å². The number of nitrogens with one attached hydrogen (secondary N) is 1. The Hall–Kier alpha value is -1.55. The lowest BCUT2D eigenvalue weighted by Gasteiger charge is -2.07. The third-order valence-electron chi connectivity index (χ3n) is 3.35. The van der Waals surface area contributed by atoms with E-state index in [1.807, 2.05) is 0 Å². The highest BCUT2D eigenvalue weighted by atomic mass is 35.7. The van der Waals surface area contributed by atoms with Gasteiger partial charge in [0, 0.05) is 15.6 Å². The number of rotatable bonds is 4. The second-order valence-corrected chi connectivity index (χ2v) is 8.89. The predicted octanol–water partition coefficient (Wildman–Crippen LogP) is 2.68. The van der Waals surface area contributed by atoms with Gasteiger partial charge in [0.1, 0.15) is 17.7 Å². The number of ether oxygens (including phenoxy) is 1. The molecule has 2 atom stereocenters. The van der Waals surface area contributed by atoms with Crippen molar-refractivity contribution in [1.29, 1.82) is 0 Å². The van der Waals surface area contributed by atoms with Gasteiger partial charge in [-0.2, -0.15) is 0 Å². The van der Waals surface area contributed by atoms with Crippen molar-refractivity contribution in [2.45, 2.75) is 16.7 Å². The Morgan fingerprint density at radius 3 is 2.08 bits per heavy atom. The topological polar surface area (TPSA) is 95.9 Å². The van der Waals surface area contributed by atoms with Crippen molar-refractivity contribution < 1.29 is 23.4 Å². The molecule has 0 aromatic heterocycles. The molecule has 2 aromatic carbocycles. The molecular weight excluding hydrogens is 386 g/mol. The standard InChI is InChI=1S/C16H14ClNO5S2/c17-25(21,22)13-7-5-12(6-8-13)23-11-3-1-10(2-4-11)9-14-15(19)18-16(20)24-14/h1-9,15-16,18-20H/b14-9-. The van der Waals surface area contributed by atoms with Crippen LogP contribution in [0.3, 0.4) is 0 Å². The largest absolute Gasteiger partial charge is 0.457 e. The number of thioether (sulfide) groups is 1. The fourth-order valence-corrected chi connectivity index (χ4v) is 3.79. The van der Waals surface area contributed by atoms with E-state index < -0.39 is 20.8 Å². The van der Waals surface area contributed by atoms with Gasteiger partial charge >= 0.3 is 0 Å². The summed E-state index contributed by atoms with van der Waals surface area (Å²) in [5, 5.41) is 21.7. The maximum atomic E-state index is 11.2. The summed E-state index contributed by atoms with van der Waals surface area (Å²) in [5.41, 5.74) is 0.0250. The van der Waals surface area contributed by atoms with Crippen LogP contribution in [0.2, 0.25) is 0 Å². The van der Waals surface area contributed by atoms with Gasteiger partial charge in [-0.1, -0.05) is 23.9 Å². The maximum Gasteiger partial charge on any atom is 0.261 e. The second-order valence-electron chi connectivity index (χ2n) is 5.17. The smallest absolute Gasteiger partial charge is 0.261 e. The van der Waals surface area contributed by atoms with Crippen LogP contribution in [0, 0.1) is 0 Å². The average Bonchev–Trinajstić information content (AvgIpc) is 2.86. The molecule has 132 valence electrons. The molecule has 1 saturated heterocycles. The van der Waals surface area contributed by atoms with E-state index in [1.165, 1.54) is 24.3 Å². The lowest BCUT2D eigenvalue weighted by molar-refractivity contribution is 0.127. The Morgan fingerprint density at radius 1 is 1.04 bits per heavy atom. The zero-order chi connectivity index (χ0) is 18.0. The van der Waals surface area contributed by atoms with Gasteiger partial charge in [0.15, 0.2) is 5.56 Å². The van der Waals surface area contributed by atoms with Crippen LogP contribution in [0.1, 0.15) is 5.56 Å². The fourth-order valence-electron chi connectivity index (χ4n) is 2.16. The lowest BCUT2D eigenvalue weighted by Crippen LogP contribution is -2.28. The monoisotopic (exact) mass is 399 g/mol. The Morgan fingerprint density at radius 2 is 1.60 bits per heavy atom. The van der Waals surface area contributed by atoms with E-state index in [0.29, 0.717) is 16.4 Å². The van der Waals surface area contributed by atoms with Crippen LogP contribution in [0.15, 0.2) is 58.3 Å². The molecule has 0 radical (unpaired) electrons. The molecule has 3 N–H and O–H groups in total. The Bertz CT molecular complexity index is 882. The average molecular weight is 400 g/mol. The summed E-state index contributed by atoms with van der Waals surface area (Å²) < 4.78 is 28.1. The third kappa shape index (κ3) is 4.75. The SMILES string of the molecule is O=S(=O)(Cl)c1ccc(Oc2ccc(/C=C3\SC(O)NC3O)cc2)cc1. The van der Waals surface area contributed by atoms with E-state index in [2.05, 4.69) is 5.32 Å². The first kappa shape index (κ1) is 18.2. The van der Waals surface area contributed by atoms with Crippen LogP contribution < -0.4 is 10.1 Å². The van der Waals surface area contributed by atoms with Crippen LogP contribution in [-0.2, 0) is 9.05 Å². The van der Waals surface area contributed by atoms with Gasteiger partial charge in [0.25, 0.3) is 9.05 Å². The van der Waals surface area contributed by atoms with Crippen LogP contribution in [0.4, 0.5) is 0 Å². The number of aliphatic hydroxyl groups is 2. The van der Waals surface area contributed by atoms with Crippen molar-refractivity contribution in [3.05, 3.63) is 59.0 Å². The van der Waals surface area contributed by atoms with Crippen molar-refractivity contribution in [2.75, 3.05) is 0 Å². The zero-order valence-electron chi connectivity index (χ0n) is 12.7. The molecule has 0 saturated carbocycles. The molecule has 1 aliphatic heterocycles. The summed E-state index contributed by atoms with van der Waals surface area (Å²) in [6.07, 6.45) is 0.885. The number of hydrogen-bond donors (Lipinski definition) is 3. The molecule has 9 heteroatoms. The second kappa shape index (κ2) is 7.36. The van der Waals surface area contributed by atoms with Gasteiger partial charge in [-0.05, 0) is 48.0 Å². The summed E-state index contributed by atoms with van der Waals surface area (Å²) >= 11 is 1.14. The Balaban J connectivity index is 1.70. The molecule has 1 heterocycles. The minimum absolute atomic E-state index is 0.00640. The first-order valence-corrected chi connectivity index (χ1v) is 10.3. The molecule has 1 aliphatic rings. The summed E-state index contributed by atoms with van der Waals surface area (Å²) in [5.74, 6) is 1.05. The van der Waals surface area contributed by atoms with Crippen molar-refractivity contribution in [3.8, 4) is 11.5 Å². The predicted molar refractivity (Wildman–Crippen MR) is 96.7 cm³/mol. The highest BCUT2D eigenvalue weighted by molar-refractivity contribution is 8.13. The summed E-state index contributed by atoms with van der Waals surface area (Å²) in [4.78, 5) is 0.631. The van der Waals surface area contributed by atoms with E-state index in [0.717, 1.165) is 17.3 Å². The third-order valence-corrected chi connectivity index (χ3v) is 5.69. The van der Waals surface area contributed by atoms with Crippen LogP contribution in [-0.4, -0.2) is 30.4 Å². The highest BCUT2D eigenvalue weighted by Gasteiger charge is 2.25. The lowest BCUT2D eigenvalue weighted by atomic mass is 10.2. The molecule has 0 amide bonds. The highest BCUT2D eigenvalue weighted by Crippen LogP contribution is 2.31. The maximum absolute atomic E-state index is 11.2. The van der Waals surface area contributed by atoms with Gasteiger partial charge < -0.3 is 14.9 Å². The van der Waals surface area contributed by atoms with Crippen LogP contribution in [0.25, 0.3) is 6.08 Å². The zero-order valence-corrected chi connectivity index (χ0v) is 15.1. The van der Waals surface area contributed by atoms with E-state index in [9.17, 15) is 18.6 Å². The van der Waals surface area contributed by atoms with Crippen LogP contribution >= 0.6 is 22.4 Å². The summed E-state index contributed by atoms with van der Waals surface area (Å²) in [6.45, 7) is 0. The normalized spacial score (nSPS) is 22.3. The molecule has 3 rings (SSSR count). The minimum atomic E-state index is -3.75. The van der Waals surface area contributed by atoms with Crippen molar-refractivity contribution in [1.82, 2.24) is 5.32 Å². The molecule has 6 nitrogen and oxygen atoms in total. The molecule has 2 unspecified atom stereocenters. The molecule has 2 aromatic rings. The van der Waals surface area contributed by atoms with Crippen molar-refractivity contribution in [3.63, 3.8) is 0 Å². The summed E-state index contributed by atoms with van der Waals surface area (Å²) in [7, 11) is 1.51. The number of hydrogen-bond acceptors (Lipinski definition) is 7. The molecular formula is C16H14ClNO5S2. The van der Waals surface area contributed by atoms with E-state index in [1.54, 1.807) is 30.3 Å². The first-order valence-electron chi connectivity index (χ1n) is 7.14. The van der Waals surface area contributed by atoms with Gasteiger partial charge in [-0.3, -0.25) is 5.32 Å². The van der Waals surface area contributed by atoms with Gasteiger partial charge in [-0.15, -0.1) is 0 Å². The molecule has 0 spiro atoms. The molecule has 25 heavy (non-hydrogen) atoms. The first-order chi connectivity index (χ1) is 11.8. The van der Waals surface area contributed by atoms with E-state index >= 15 is 0 Å². The number of benzene rings is 2. The summed E-state index contributed by atoms with van der Waals surface area (Å²) in [6, 6.07) is 12.9. The van der Waals surface area contributed by atoms with Crippen molar-refractivity contribution >= 4 is 37.6 Å². The van der Waals surface area contributed by atoms with Gasteiger partial charge in [0.05, 0.1) is 4.90 Å². The molecule has 0 bridgehead atoms. The van der Waals surface area contributed by atoms with Crippen molar-refractivity contribution in [2.24, 2.45) is 0 Å².